The third-order valence-electron chi connectivity index (χ3n) is 3.01. The molecule has 0 aliphatic heterocycles. The first-order chi connectivity index (χ1) is 8.67. The minimum Gasteiger partial charge on any atom is -0.310 e. The molecule has 0 bridgehead atoms. The number of rotatable bonds is 8. The summed E-state index contributed by atoms with van der Waals surface area (Å²) in [6.07, 6.45) is 6.50. The number of hydrogen-bond donors (Lipinski definition) is 1. The van der Waals surface area contributed by atoms with E-state index in [1.807, 2.05) is 12.1 Å². The maximum atomic E-state index is 6.15. The van der Waals surface area contributed by atoms with Gasteiger partial charge >= 0.3 is 0 Å². The van der Waals surface area contributed by atoms with Crippen molar-refractivity contribution in [1.29, 1.82) is 0 Å². The summed E-state index contributed by atoms with van der Waals surface area (Å²) in [6, 6.07) is 6.72. The molecule has 0 heterocycles. The predicted octanol–water partition coefficient (Wildman–Crippen LogP) is 5.05. The van der Waals surface area contributed by atoms with Crippen LogP contribution in [-0.2, 0) is 0 Å². The standard InChI is InChI=1S/C16H24ClN/c1-4-6-7-8-16(18-9-5-2)14-10-13(3)11-15(17)12-14/h4,10-12,16,18H,1,5-9H2,2-3H3. The zero-order valence-corrected chi connectivity index (χ0v) is 12.3. The molecular formula is C16H24ClN. The van der Waals surface area contributed by atoms with Gasteiger partial charge in [-0.25, -0.2) is 0 Å². The molecule has 1 nitrogen and oxygen atoms in total. The van der Waals surface area contributed by atoms with E-state index in [1.165, 1.54) is 11.1 Å². The van der Waals surface area contributed by atoms with Gasteiger partial charge in [-0.3, -0.25) is 0 Å². The van der Waals surface area contributed by atoms with Gasteiger partial charge in [0.05, 0.1) is 0 Å². The van der Waals surface area contributed by atoms with E-state index >= 15 is 0 Å². The number of aryl methyl sites for hydroxylation is 1. The highest BCUT2D eigenvalue weighted by atomic mass is 35.5. The van der Waals surface area contributed by atoms with Gasteiger partial charge in [-0.2, -0.15) is 0 Å². The van der Waals surface area contributed by atoms with Crippen molar-refractivity contribution >= 4 is 11.6 Å². The van der Waals surface area contributed by atoms with Crippen LogP contribution in [0.15, 0.2) is 30.9 Å². The third-order valence-corrected chi connectivity index (χ3v) is 3.23. The lowest BCUT2D eigenvalue weighted by molar-refractivity contribution is 0.486. The fourth-order valence-electron chi connectivity index (χ4n) is 2.14. The summed E-state index contributed by atoms with van der Waals surface area (Å²) in [6.45, 7) is 9.11. The lowest BCUT2D eigenvalue weighted by atomic mass is 9.99. The van der Waals surface area contributed by atoms with Crippen molar-refractivity contribution in [3.05, 3.63) is 47.0 Å². The summed E-state index contributed by atoms with van der Waals surface area (Å²) in [5, 5.41) is 4.44. The Hall–Kier alpha value is -0.790. The number of benzene rings is 1. The highest BCUT2D eigenvalue weighted by molar-refractivity contribution is 6.30. The van der Waals surface area contributed by atoms with Crippen molar-refractivity contribution in [2.75, 3.05) is 6.54 Å². The Balaban J connectivity index is 2.75. The quantitative estimate of drug-likeness (QED) is 0.513. The molecule has 1 unspecified atom stereocenters. The van der Waals surface area contributed by atoms with Crippen LogP contribution in [0.1, 0.15) is 49.8 Å². The maximum absolute atomic E-state index is 6.15. The molecule has 0 aliphatic carbocycles. The molecule has 0 aromatic heterocycles. The van der Waals surface area contributed by atoms with Gasteiger partial charge in [0, 0.05) is 11.1 Å². The van der Waals surface area contributed by atoms with E-state index in [2.05, 4.69) is 37.9 Å². The summed E-state index contributed by atoms with van der Waals surface area (Å²) < 4.78 is 0. The normalized spacial score (nSPS) is 12.4. The third kappa shape index (κ3) is 5.24. The van der Waals surface area contributed by atoms with Crippen molar-refractivity contribution < 1.29 is 0 Å². The Morgan fingerprint density at radius 1 is 1.39 bits per heavy atom. The second-order valence-corrected chi connectivity index (χ2v) is 5.22. The Morgan fingerprint density at radius 2 is 2.17 bits per heavy atom. The van der Waals surface area contributed by atoms with Gasteiger partial charge in [-0.15, -0.1) is 6.58 Å². The Kier molecular flexibility index (Phi) is 7.07. The van der Waals surface area contributed by atoms with E-state index in [4.69, 9.17) is 11.6 Å². The van der Waals surface area contributed by atoms with Gasteiger partial charge in [-0.1, -0.05) is 30.7 Å². The number of allylic oxidation sites excluding steroid dienone is 1. The molecule has 1 aromatic carbocycles. The Labute approximate surface area is 116 Å². The molecule has 2 heteroatoms. The smallest absolute Gasteiger partial charge is 0.0411 e. The highest BCUT2D eigenvalue weighted by Crippen LogP contribution is 2.24. The van der Waals surface area contributed by atoms with Gasteiger partial charge in [0.1, 0.15) is 0 Å². The van der Waals surface area contributed by atoms with Crippen LogP contribution < -0.4 is 5.32 Å². The van der Waals surface area contributed by atoms with Crippen molar-refractivity contribution in [1.82, 2.24) is 5.32 Å². The van der Waals surface area contributed by atoms with Crippen LogP contribution in [0.5, 0.6) is 0 Å². The van der Waals surface area contributed by atoms with Gasteiger partial charge in [-0.05, 0) is 62.4 Å². The van der Waals surface area contributed by atoms with Gasteiger partial charge < -0.3 is 5.32 Å². The van der Waals surface area contributed by atoms with E-state index in [9.17, 15) is 0 Å². The van der Waals surface area contributed by atoms with Crippen LogP contribution in [-0.4, -0.2) is 6.54 Å². The first-order valence-corrected chi connectivity index (χ1v) is 7.16. The lowest BCUT2D eigenvalue weighted by Crippen LogP contribution is -2.22. The molecule has 0 amide bonds. The lowest BCUT2D eigenvalue weighted by Gasteiger charge is -2.19. The van der Waals surface area contributed by atoms with Crippen molar-refractivity contribution in [2.45, 2.75) is 45.6 Å². The van der Waals surface area contributed by atoms with E-state index < -0.39 is 0 Å². The summed E-state index contributed by atoms with van der Waals surface area (Å²) in [5.41, 5.74) is 2.53. The Morgan fingerprint density at radius 3 is 2.78 bits per heavy atom. The van der Waals surface area contributed by atoms with Gasteiger partial charge in [0.25, 0.3) is 0 Å². The summed E-state index contributed by atoms with van der Waals surface area (Å²) >= 11 is 6.15. The zero-order chi connectivity index (χ0) is 13.4. The molecule has 0 aliphatic rings. The average Bonchev–Trinajstić information content (AvgIpc) is 2.32. The highest BCUT2D eigenvalue weighted by Gasteiger charge is 2.11. The second kappa shape index (κ2) is 8.34. The molecule has 1 rings (SSSR count). The first-order valence-electron chi connectivity index (χ1n) is 6.78. The zero-order valence-electron chi connectivity index (χ0n) is 11.5. The minimum atomic E-state index is 0.405. The van der Waals surface area contributed by atoms with Crippen molar-refractivity contribution in [2.24, 2.45) is 0 Å². The summed E-state index contributed by atoms with van der Waals surface area (Å²) in [4.78, 5) is 0. The van der Waals surface area contributed by atoms with E-state index in [0.717, 1.165) is 37.3 Å². The Bertz CT molecular complexity index is 353. The molecule has 100 valence electrons. The van der Waals surface area contributed by atoms with Crippen LogP contribution in [0, 0.1) is 6.92 Å². The van der Waals surface area contributed by atoms with Crippen LogP contribution in [0.4, 0.5) is 0 Å². The first kappa shape index (κ1) is 15.3. The van der Waals surface area contributed by atoms with Crippen molar-refractivity contribution in [3.8, 4) is 0 Å². The van der Waals surface area contributed by atoms with E-state index in [-0.39, 0.29) is 0 Å². The van der Waals surface area contributed by atoms with Gasteiger partial charge in [0.15, 0.2) is 0 Å². The molecule has 1 aromatic rings. The molecule has 0 spiro atoms. The van der Waals surface area contributed by atoms with Crippen LogP contribution >= 0.6 is 11.6 Å². The summed E-state index contributed by atoms with van der Waals surface area (Å²) in [7, 11) is 0. The number of hydrogen-bond acceptors (Lipinski definition) is 1. The predicted molar refractivity (Wildman–Crippen MR) is 81.3 cm³/mol. The van der Waals surface area contributed by atoms with E-state index in [0.29, 0.717) is 6.04 Å². The van der Waals surface area contributed by atoms with Gasteiger partial charge in [0.2, 0.25) is 0 Å². The van der Waals surface area contributed by atoms with Crippen LogP contribution in [0.25, 0.3) is 0 Å². The number of unbranched alkanes of at least 4 members (excludes halogenated alkanes) is 1. The number of halogens is 1. The van der Waals surface area contributed by atoms with E-state index in [1.54, 1.807) is 0 Å². The molecular weight excluding hydrogens is 242 g/mol. The average molecular weight is 266 g/mol. The van der Waals surface area contributed by atoms with Crippen molar-refractivity contribution in [3.63, 3.8) is 0 Å². The molecule has 0 fully saturated rings. The molecule has 0 saturated heterocycles. The second-order valence-electron chi connectivity index (χ2n) is 4.79. The molecule has 1 atom stereocenters. The fraction of sp³-hybridized carbons (Fsp3) is 0.500. The molecule has 1 N–H and O–H groups in total. The minimum absolute atomic E-state index is 0.405. The topological polar surface area (TPSA) is 12.0 Å². The largest absolute Gasteiger partial charge is 0.310 e. The molecule has 18 heavy (non-hydrogen) atoms. The maximum Gasteiger partial charge on any atom is 0.0411 e. The van der Waals surface area contributed by atoms with Crippen LogP contribution in [0.2, 0.25) is 5.02 Å². The fourth-order valence-corrected chi connectivity index (χ4v) is 2.44. The SMILES string of the molecule is C=CCCCC(NCCC)c1cc(C)cc(Cl)c1. The summed E-state index contributed by atoms with van der Waals surface area (Å²) in [5.74, 6) is 0. The number of nitrogens with one attached hydrogen (secondary N) is 1. The van der Waals surface area contributed by atoms with Crippen LogP contribution in [0.3, 0.4) is 0 Å². The monoisotopic (exact) mass is 265 g/mol. The molecule has 0 radical (unpaired) electrons. The molecule has 0 saturated carbocycles.